The fraction of sp³-hybridized carbons (Fsp3) is 0.364. The van der Waals surface area contributed by atoms with Gasteiger partial charge in [-0.05, 0) is 31.3 Å². The van der Waals surface area contributed by atoms with Crippen molar-refractivity contribution in [1.82, 2.24) is 5.32 Å². The molecule has 94 valence electrons. The Bertz CT molecular complexity index is 365. The lowest BCUT2D eigenvalue weighted by Gasteiger charge is -2.18. The molecule has 17 heavy (non-hydrogen) atoms. The third kappa shape index (κ3) is 6.11. The predicted octanol–water partition coefficient (Wildman–Crippen LogP) is 3.31. The van der Waals surface area contributed by atoms with Crippen LogP contribution in [-0.2, 0) is 0 Å². The van der Waals surface area contributed by atoms with Crippen LogP contribution < -0.4 is 10.6 Å². The maximum atomic E-state index is 12.1. The van der Waals surface area contributed by atoms with Crippen molar-refractivity contribution in [2.45, 2.75) is 25.6 Å². The normalized spacial score (nSPS) is 12.9. The largest absolute Gasteiger partial charge is 0.391 e. The number of benzene rings is 1. The summed E-state index contributed by atoms with van der Waals surface area (Å²) in [5.41, 5.74) is 0.740. The van der Waals surface area contributed by atoms with Crippen LogP contribution in [0.4, 0.5) is 18.9 Å². The highest BCUT2D eigenvalue weighted by Crippen LogP contribution is 2.21. The Labute approximate surface area is 103 Å². The molecule has 1 atom stereocenters. The van der Waals surface area contributed by atoms with Gasteiger partial charge in [-0.2, -0.15) is 13.2 Å². The van der Waals surface area contributed by atoms with E-state index in [0.717, 1.165) is 5.69 Å². The second kappa shape index (κ2) is 5.86. The zero-order valence-corrected chi connectivity index (χ0v) is 10.0. The minimum absolute atomic E-state index is 0.188. The number of nitrogens with one attached hydrogen (secondary N) is 2. The molecule has 0 aliphatic rings. The third-order valence-corrected chi connectivity index (χ3v) is 2.17. The highest BCUT2D eigenvalue weighted by atomic mass is 32.1. The molecule has 0 heterocycles. The summed E-state index contributed by atoms with van der Waals surface area (Å²) in [5.74, 6) is 0. The van der Waals surface area contributed by atoms with E-state index in [2.05, 4.69) is 10.6 Å². The lowest BCUT2D eigenvalue weighted by Crippen LogP contribution is -2.38. The van der Waals surface area contributed by atoms with E-state index in [0.29, 0.717) is 0 Å². The van der Waals surface area contributed by atoms with Crippen molar-refractivity contribution in [3.05, 3.63) is 30.3 Å². The van der Waals surface area contributed by atoms with Crippen molar-refractivity contribution in [1.29, 1.82) is 0 Å². The van der Waals surface area contributed by atoms with Crippen LogP contribution in [0.5, 0.6) is 0 Å². The molecule has 0 aliphatic heterocycles. The minimum atomic E-state index is -4.19. The summed E-state index contributed by atoms with van der Waals surface area (Å²) < 4.78 is 36.2. The zero-order chi connectivity index (χ0) is 12.9. The predicted molar refractivity (Wildman–Crippen MR) is 65.9 cm³/mol. The van der Waals surface area contributed by atoms with Crippen LogP contribution in [0.2, 0.25) is 0 Å². The number of alkyl halides is 3. The van der Waals surface area contributed by atoms with Crippen molar-refractivity contribution in [2.24, 2.45) is 0 Å². The van der Waals surface area contributed by atoms with E-state index in [1.807, 2.05) is 18.2 Å². The van der Waals surface area contributed by atoms with Gasteiger partial charge in [-0.1, -0.05) is 18.2 Å². The van der Waals surface area contributed by atoms with Crippen molar-refractivity contribution in [2.75, 3.05) is 5.32 Å². The Kier molecular flexibility index (Phi) is 4.74. The molecule has 0 aromatic heterocycles. The summed E-state index contributed by atoms with van der Waals surface area (Å²) in [4.78, 5) is 0. The van der Waals surface area contributed by atoms with Gasteiger partial charge in [-0.15, -0.1) is 0 Å². The van der Waals surface area contributed by atoms with Gasteiger partial charge in [-0.3, -0.25) is 0 Å². The summed E-state index contributed by atoms with van der Waals surface area (Å²) in [6, 6.07) is 8.27. The van der Waals surface area contributed by atoms with Gasteiger partial charge in [0, 0.05) is 11.7 Å². The van der Waals surface area contributed by atoms with E-state index in [-0.39, 0.29) is 5.11 Å². The molecular formula is C11H13F3N2S. The molecule has 2 nitrogen and oxygen atoms in total. The van der Waals surface area contributed by atoms with Crippen LogP contribution in [0.3, 0.4) is 0 Å². The van der Waals surface area contributed by atoms with Crippen LogP contribution in [-0.4, -0.2) is 17.3 Å². The molecule has 1 unspecified atom stereocenters. The lowest BCUT2D eigenvalue weighted by molar-refractivity contribution is -0.138. The molecule has 0 aliphatic carbocycles. The Hall–Kier alpha value is -1.30. The first-order valence-electron chi connectivity index (χ1n) is 5.06. The monoisotopic (exact) mass is 262 g/mol. The first-order chi connectivity index (χ1) is 7.87. The molecular weight excluding hydrogens is 249 g/mol. The van der Waals surface area contributed by atoms with E-state index < -0.39 is 18.6 Å². The molecule has 0 radical (unpaired) electrons. The van der Waals surface area contributed by atoms with E-state index in [9.17, 15) is 13.2 Å². The van der Waals surface area contributed by atoms with E-state index in [1.54, 1.807) is 12.1 Å². The molecule has 0 saturated carbocycles. The number of halogens is 3. The van der Waals surface area contributed by atoms with Crippen molar-refractivity contribution in [3.63, 3.8) is 0 Å². The fourth-order valence-electron chi connectivity index (χ4n) is 1.31. The molecule has 1 rings (SSSR count). The number of hydrogen-bond donors (Lipinski definition) is 2. The van der Waals surface area contributed by atoms with Crippen molar-refractivity contribution >= 4 is 23.0 Å². The first kappa shape index (κ1) is 13.8. The molecule has 2 N–H and O–H groups in total. The van der Waals surface area contributed by atoms with Crippen LogP contribution >= 0.6 is 12.2 Å². The van der Waals surface area contributed by atoms with E-state index in [4.69, 9.17) is 12.2 Å². The fourth-order valence-corrected chi connectivity index (χ4v) is 1.63. The summed E-state index contributed by atoms with van der Waals surface area (Å²) in [5, 5.41) is 5.58. The van der Waals surface area contributed by atoms with Crippen molar-refractivity contribution < 1.29 is 13.2 Å². The van der Waals surface area contributed by atoms with Gasteiger partial charge < -0.3 is 10.6 Å². The number of rotatable bonds is 3. The van der Waals surface area contributed by atoms with Gasteiger partial charge in [0.25, 0.3) is 0 Å². The highest BCUT2D eigenvalue weighted by Gasteiger charge is 2.30. The van der Waals surface area contributed by atoms with Gasteiger partial charge in [0.15, 0.2) is 5.11 Å². The molecule has 6 heteroatoms. The van der Waals surface area contributed by atoms with Gasteiger partial charge in [0.2, 0.25) is 0 Å². The molecule has 0 amide bonds. The average molecular weight is 262 g/mol. The molecule has 0 spiro atoms. The smallest absolute Gasteiger partial charge is 0.360 e. The summed E-state index contributed by atoms with van der Waals surface area (Å²) >= 11 is 4.91. The van der Waals surface area contributed by atoms with Gasteiger partial charge >= 0.3 is 6.18 Å². The van der Waals surface area contributed by atoms with Gasteiger partial charge in [-0.25, -0.2) is 0 Å². The SMILES string of the molecule is CC(CC(F)(F)F)NC(=S)Nc1ccccc1. The molecule has 1 aromatic rings. The van der Waals surface area contributed by atoms with Gasteiger partial charge in [0.1, 0.15) is 0 Å². The first-order valence-corrected chi connectivity index (χ1v) is 5.47. The molecule has 1 aromatic carbocycles. The number of para-hydroxylation sites is 1. The standard InChI is InChI=1S/C11H13F3N2S/c1-8(7-11(12,13)14)15-10(17)16-9-5-3-2-4-6-9/h2-6,8H,7H2,1H3,(H2,15,16,17). The van der Waals surface area contributed by atoms with Crippen LogP contribution in [0.15, 0.2) is 30.3 Å². The Balaban J connectivity index is 2.40. The van der Waals surface area contributed by atoms with Crippen LogP contribution in [0.25, 0.3) is 0 Å². The molecule has 0 bridgehead atoms. The highest BCUT2D eigenvalue weighted by molar-refractivity contribution is 7.80. The topological polar surface area (TPSA) is 24.1 Å². The third-order valence-electron chi connectivity index (χ3n) is 1.95. The maximum Gasteiger partial charge on any atom is 0.391 e. The van der Waals surface area contributed by atoms with Crippen LogP contribution in [0, 0.1) is 0 Å². The quantitative estimate of drug-likeness (QED) is 0.817. The number of thiocarbonyl (C=S) groups is 1. The second-order valence-electron chi connectivity index (χ2n) is 3.68. The summed E-state index contributed by atoms with van der Waals surface area (Å²) in [7, 11) is 0. The van der Waals surface area contributed by atoms with Crippen LogP contribution in [0.1, 0.15) is 13.3 Å². The Morgan fingerprint density at radius 1 is 1.29 bits per heavy atom. The molecule has 0 fully saturated rings. The Morgan fingerprint density at radius 2 is 1.88 bits per heavy atom. The van der Waals surface area contributed by atoms with E-state index in [1.165, 1.54) is 6.92 Å². The van der Waals surface area contributed by atoms with Crippen molar-refractivity contribution in [3.8, 4) is 0 Å². The minimum Gasteiger partial charge on any atom is -0.360 e. The van der Waals surface area contributed by atoms with Gasteiger partial charge in [0.05, 0.1) is 6.42 Å². The maximum absolute atomic E-state index is 12.1. The van der Waals surface area contributed by atoms with E-state index >= 15 is 0 Å². The average Bonchev–Trinajstić information content (AvgIpc) is 2.15. The Morgan fingerprint density at radius 3 is 2.41 bits per heavy atom. The number of hydrogen-bond acceptors (Lipinski definition) is 1. The number of anilines is 1. The summed E-state index contributed by atoms with van der Waals surface area (Å²) in [6.07, 6.45) is -5.10. The second-order valence-corrected chi connectivity index (χ2v) is 4.09. The lowest BCUT2D eigenvalue weighted by atomic mass is 10.2. The zero-order valence-electron chi connectivity index (χ0n) is 9.21. The molecule has 0 saturated heterocycles. The summed E-state index contributed by atoms with van der Waals surface area (Å²) in [6.45, 7) is 1.44.